The number of fused-ring (bicyclic) bond motifs is 5. The Morgan fingerprint density at radius 3 is 2.86 bits per heavy atom. The largest absolute Gasteiger partial charge is 0.458 e. The van der Waals surface area contributed by atoms with Crippen molar-refractivity contribution in [3.05, 3.63) is 61.7 Å². The van der Waals surface area contributed by atoms with Gasteiger partial charge >= 0.3 is 5.97 Å². The summed E-state index contributed by atoms with van der Waals surface area (Å²) in [5.41, 5.74) is 3.64. The highest BCUT2D eigenvalue weighted by atomic mass is 32.1. The quantitative estimate of drug-likeness (QED) is 0.298. The maximum absolute atomic E-state index is 14.9. The molecule has 0 saturated carbocycles. The Kier molecular flexibility index (Phi) is 5.11. The molecular weight excluding hydrogens is 469 g/mol. The molecule has 0 saturated heterocycles. The highest BCUT2D eigenvalue weighted by Gasteiger charge is 2.45. The number of aliphatic hydroxyl groups is 1. The third-order valence-corrected chi connectivity index (χ3v) is 8.10. The molecule has 9 heteroatoms. The third-order valence-electron chi connectivity index (χ3n) is 7.88. The van der Waals surface area contributed by atoms with Gasteiger partial charge in [0.15, 0.2) is 5.60 Å². The Balaban J connectivity index is 1.66. The lowest BCUT2D eigenvalue weighted by molar-refractivity contribution is -0.172. The molecule has 2 atom stereocenters. The molecule has 0 bridgehead atoms. The minimum atomic E-state index is -1.89. The van der Waals surface area contributed by atoms with Crippen LogP contribution in [-0.4, -0.2) is 32.9 Å². The first-order valence-corrected chi connectivity index (χ1v) is 12.6. The number of thiol groups is 1. The Morgan fingerprint density at radius 2 is 2.11 bits per heavy atom. The number of nitrogens with one attached hydrogen (secondary N) is 1. The first-order valence-electron chi connectivity index (χ1n) is 12.0. The van der Waals surface area contributed by atoms with E-state index in [0.717, 1.165) is 34.9 Å². The maximum Gasteiger partial charge on any atom is 0.343 e. The standard InChI is InChI=1S/C26H26FN3O4S/c1-3-26(33)16-8-20-23-14(10-30(20)24(31)15(16)11-34-25(26)32)22-18(28-6-7-35)5-4-13-12(2)17(27)9-19(29-23)21(13)22/h8-9,18,28,33,35H,3-7,10-11H2,1-2H3/t18-,26-/m0/s1. The van der Waals surface area contributed by atoms with Crippen molar-refractivity contribution < 1.29 is 19.0 Å². The fourth-order valence-electron chi connectivity index (χ4n) is 6.00. The van der Waals surface area contributed by atoms with Gasteiger partial charge in [0, 0.05) is 40.9 Å². The zero-order valence-corrected chi connectivity index (χ0v) is 20.5. The molecule has 6 rings (SSSR count). The number of esters is 1. The summed E-state index contributed by atoms with van der Waals surface area (Å²) in [5, 5.41) is 15.6. The van der Waals surface area contributed by atoms with Crippen LogP contribution in [0, 0.1) is 12.7 Å². The number of aryl methyl sites for hydroxylation is 1. The molecule has 1 aromatic carbocycles. The number of ether oxygens (including phenoxy) is 1. The SMILES string of the molecule is CC[C@@]1(O)C(=O)OCc2c1cc1n(c2=O)Cc2c-1nc1cc(F)c(C)c3c1c2[C@@H](NCCS)CC3. The second kappa shape index (κ2) is 7.88. The number of carbonyl (C=O) groups is 1. The van der Waals surface area contributed by atoms with Crippen LogP contribution in [0.2, 0.25) is 0 Å². The first-order chi connectivity index (χ1) is 16.8. The van der Waals surface area contributed by atoms with E-state index in [1.807, 2.05) is 0 Å². The molecule has 4 heterocycles. The van der Waals surface area contributed by atoms with E-state index in [1.54, 1.807) is 24.5 Å². The van der Waals surface area contributed by atoms with Crippen molar-refractivity contribution in [1.29, 1.82) is 0 Å². The predicted molar refractivity (Wildman–Crippen MR) is 132 cm³/mol. The van der Waals surface area contributed by atoms with Crippen LogP contribution < -0.4 is 10.9 Å². The Bertz CT molecular complexity index is 1500. The number of halogens is 1. The van der Waals surface area contributed by atoms with Crippen LogP contribution in [0.15, 0.2) is 16.9 Å². The van der Waals surface area contributed by atoms with Crippen molar-refractivity contribution in [1.82, 2.24) is 14.9 Å². The Morgan fingerprint density at radius 1 is 1.31 bits per heavy atom. The van der Waals surface area contributed by atoms with Crippen molar-refractivity contribution in [2.75, 3.05) is 12.3 Å². The van der Waals surface area contributed by atoms with Gasteiger partial charge in [0.05, 0.1) is 29.0 Å². The van der Waals surface area contributed by atoms with Crippen molar-refractivity contribution in [3.63, 3.8) is 0 Å². The van der Waals surface area contributed by atoms with Gasteiger partial charge in [-0.2, -0.15) is 12.6 Å². The molecule has 2 aliphatic heterocycles. The molecule has 0 amide bonds. The molecule has 2 N–H and O–H groups in total. The third kappa shape index (κ3) is 3.01. The average Bonchev–Trinajstić information content (AvgIpc) is 3.22. The van der Waals surface area contributed by atoms with Crippen molar-refractivity contribution in [2.45, 2.75) is 57.9 Å². The van der Waals surface area contributed by atoms with Crippen LogP contribution in [0.3, 0.4) is 0 Å². The molecule has 0 spiro atoms. The number of cyclic esters (lactones) is 1. The molecule has 0 fully saturated rings. The number of rotatable bonds is 4. The second-order valence-corrected chi connectivity index (χ2v) is 10.0. The van der Waals surface area contributed by atoms with E-state index >= 15 is 0 Å². The van der Waals surface area contributed by atoms with Crippen LogP contribution >= 0.6 is 12.6 Å². The smallest absolute Gasteiger partial charge is 0.343 e. The van der Waals surface area contributed by atoms with Crippen molar-refractivity contribution >= 4 is 29.5 Å². The van der Waals surface area contributed by atoms with Gasteiger partial charge in [-0.25, -0.2) is 14.2 Å². The van der Waals surface area contributed by atoms with Gasteiger partial charge in [0.1, 0.15) is 12.4 Å². The van der Waals surface area contributed by atoms with E-state index in [0.29, 0.717) is 41.3 Å². The van der Waals surface area contributed by atoms with Crippen LogP contribution in [0.25, 0.3) is 22.3 Å². The molecule has 2 aromatic heterocycles. The van der Waals surface area contributed by atoms with Gasteiger partial charge in [0.25, 0.3) is 5.56 Å². The van der Waals surface area contributed by atoms with E-state index in [1.165, 1.54) is 6.07 Å². The summed E-state index contributed by atoms with van der Waals surface area (Å²) in [6.45, 7) is 4.34. The van der Waals surface area contributed by atoms with E-state index in [2.05, 4.69) is 17.9 Å². The van der Waals surface area contributed by atoms with E-state index < -0.39 is 11.6 Å². The van der Waals surface area contributed by atoms with Crippen LogP contribution in [0.4, 0.5) is 4.39 Å². The molecule has 3 aromatic rings. The fourth-order valence-corrected chi connectivity index (χ4v) is 6.13. The Labute approximate surface area is 206 Å². The summed E-state index contributed by atoms with van der Waals surface area (Å²) < 4.78 is 21.7. The number of nitrogens with zero attached hydrogens (tertiary/aromatic N) is 2. The van der Waals surface area contributed by atoms with Gasteiger partial charge in [-0.1, -0.05) is 6.92 Å². The lowest BCUT2D eigenvalue weighted by Crippen LogP contribution is -2.44. The lowest BCUT2D eigenvalue weighted by Gasteiger charge is -2.31. The molecule has 0 radical (unpaired) electrons. The molecule has 7 nitrogen and oxygen atoms in total. The summed E-state index contributed by atoms with van der Waals surface area (Å²) in [6.07, 6.45) is 1.62. The van der Waals surface area contributed by atoms with E-state index in [4.69, 9.17) is 9.72 Å². The monoisotopic (exact) mass is 495 g/mol. The molecular formula is C26H26FN3O4S. The molecule has 1 aliphatic carbocycles. The van der Waals surface area contributed by atoms with Crippen molar-refractivity contribution in [3.8, 4) is 11.4 Å². The highest BCUT2D eigenvalue weighted by molar-refractivity contribution is 7.80. The molecule has 182 valence electrons. The van der Waals surface area contributed by atoms with E-state index in [9.17, 15) is 19.1 Å². The Hall–Kier alpha value is -2.75. The normalized spacial score (nSPS) is 22.1. The van der Waals surface area contributed by atoms with Crippen LogP contribution in [0.5, 0.6) is 0 Å². The zero-order chi connectivity index (χ0) is 24.6. The predicted octanol–water partition coefficient (Wildman–Crippen LogP) is 3.03. The molecule has 35 heavy (non-hydrogen) atoms. The number of benzene rings is 1. The number of hydrogen-bond acceptors (Lipinski definition) is 7. The summed E-state index contributed by atoms with van der Waals surface area (Å²) in [7, 11) is 0. The van der Waals surface area contributed by atoms with Gasteiger partial charge in [-0.3, -0.25) is 4.79 Å². The summed E-state index contributed by atoms with van der Waals surface area (Å²) >= 11 is 4.35. The number of hydrogen-bond donors (Lipinski definition) is 3. The molecule has 3 aliphatic rings. The lowest BCUT2D eigenvalue weighted by atomic mass is 9.81. The second-order valence-electron chi connectivity index (χ2n) is 9.58. The van der Waals surface area contributed by atoms with Gasteiger partial charge in [-0.15, -0.1) is 0 Å². The number of carbonyl (C=O) groups excluding carboxylic acids is 1. The minimum absolute atomic E-state index is 0.0240. The summed E-state index contributed by atoms with van der Waals surface area (Å²) in [5.74, 6) is -0.371. The topological polar surface area (TPSA) is 93.5 Å². The van der Waals surface area contributed by atoms with Crippen LogP contribution in [-0.2, 0) is 34.7 Å². The summed E-state index contributed by atoms with van der Waals surface area (Å²) in [6, 6.07) is 3.19. The van der Waals surface area contributed by atoms with Gasteiger partial charge in [-0.05, 0) is 48.9 Å². The minimum Gasteiger partial charge on any atom is -0.458 e. The first kappa shape index (κ1) is 22.7. The van der Waals surface area contributed by atoms with Gasteiger partial charge in [0.2, 0.25) is 0 Å². The average molecular weight is 496 g/mol. The van der Waals surface area contributed by atoms with Gasteiger partial charge < -0.3 is 19.7 Å². The summed E-state index contributed by atoms with van der Waals surface area (Å²) in [4.78, 5) is 30.9. The highest BCUT2D eigenvalue weighted by Crippen LogP contribution is 2.45. The maximum atomic E-state index is 14.9. The van der Waals surface area contributed by atoms with Crippen LogP contribution in [0.1, 0.15) is 59.2 Å². The van der Waals surface area contributed by atoms with E-state index in [-0.39, 0.29) is 41.6 Å². The molecule has 0 unspecified atom stereocenters. The van der Waals surface area contributed by atoms with Crippen molar-refractivity contribution in [2.24, 2.45) is 0 Å². The number of pyridine rings is 2. The number of aromatic nitrogens is 2. The fraction of sp³-hybridized carbons (Fsp3) is 0.423. The zero-order valence-electron chi connectivity index (χ0n) is 19.6.